The number of hydrogen-bond donors (Lipinski definition) is 0. The molecule has 0 N–H and O–H groups in total. The largest absolute Gasteiger partial charge is 0.154 e. The lowest BCUT2D eigenvalue weighted by Crippen LogP contribution is -1.74. The van der Waals surface area contributed by atoms with Crippen molar-refractivity contribution >= 4 is 21.0 Å². The van der Waals surface area contributed by atoms with E-state index in [2.05, 4.69) is 21.0 Å². The van der Waals surface area contributed by atoms with Gasteiger partial charge in [-0.2, -0.15) is 11.8 Å². The van der Waals surface area contributed by atoms with Gasteiger partial charge in [-0.15, -0.1) is 9.24 Å². The molecule has 1 aliphatic heterocycles. The molecule has 0 spiro atoms. The summed E-state index contributed by atoms with van der Waals surface area (Å²) in [6.45, 7) is 0. The Morgan fingerprint density at radius 3 is 2.67 bits per heavy atom. The van der Waals surface area contributed by atoms with Crippen LogP contribution in [0.25, 0.3) is 0 Å². The predicted molar refractivity (Wildman–Crippen MR) is 35.2 cm³/mol. The van der Waals surface area contributed by atoms with E-state index in [1.165, 1.54) is 18.6 Å². The highest BCUT2D eigenvalue weighted by molar-refractivity contribution is 8.03. The van der Waals surface area contributed by atoms with Crippen molar-refractivity contribution in [2.45, 2.75) is 17.8 Å². The molecule has 1 saturated heterocycles. The van der Waals surface area contributed by atoms with Crippen LogP contribution in [0.3, 0.4) is 0 Å². The fourth-order valence-corrected chi connectivity index (χ4v) is 2.22. The number of hydrogen-bond acceptors (Lipinski definition) is 1. The van der Waals surface area contributed by atoms with E-state index in [4.69, 9.17) is 0 Å². The molecule has 6 heavy (non-hydrogen) atoms. The second-order valence-corrected chi connectivity index (χ2v) is 4.19. The molecule has 2 atom stereocenters. The molecule has 0 aromatic rings. The standard InChI is InChI=1S/C4H9PS/c5-4-2-1-3-6-4/h4H,1-3,5H2. The van der Waals surface area contributed by atoms with Gasteiger partial charge in [-0.05, 0) is 18.6 Å². The first-order valence-electron chi connectivity index (χ1n) is 2.27. The Hall–Kier alpha value is 0.780. The average molecular weight is 120 g/mol. The fourth-order valence-electron chi connectivity index (χ4n) is 0.603. The first kappa shape index (κ1) is 4.93. The number of rotatable bonds is 0. The average Bonchev–Trinajstić information content (AvgIpc) is 1.86. The van der Waals surface area contributed by atoms with Gasteiger partial charge in [-0.25, -0.2) is 0 Å². The highest BCUT2D eigenvalue weighted by Crippen LogP contribution is 2.30. The van der Waals surface area contributed by atoms with E-state index in [0.29, 0.717) is 0 Å². The zero-order chi connectivity index (χ0) is 4.41. The van der Waals surface area contributed by atoms with Gasteiger partial charge in [0.25, 0.3) is 0 Å². The van der Waals surface area contributed by atoms with Gasteiger partial charge in [-0.1, -0.05) is 0 Å². The molecule has 0 amide bonds. The van der Waals surface area contributed by atoms with Gasteiger partial charge in [0.2, 0.25) is 0 Å². The SMILES string of the molecule is PC1CCCS1. The zero-order valence-electron chi connectivity index (χ0n) is 3.68. The topological polar surface area (TPSA) is 0 Å². The number of thioether (sulfide) groups is 1. The van der Waals surface area contributed by atoms with Crippen LogP contribution in [0.2, 0.25) is 0 Å². The second kappa shape index (κ2) is 2.18. The highest BCUT2D eigenvalue weighted by Gasteiger charge is 2.07. The van der Waals surface area contributed by atoms with Crippen molar-refractivity contribution in [2.24, 2.45) is 0 Å². The minimum Gasteiger partial charge on any atom is -0.154 e. The molecule has 36 valence electrons. The van der Waals surface area contributed by atoms with Crippen molar-refractivity contribution in [1.82, 2.24) is 0 Å². The van der Waals surface area contributed by atoms with Crippen LogP contribution in [-0.2, 0) is 0 Å². The monoisotopic (exact) mass is 120 g/mol. The van der Waals surface area contributed by atoms with E-state index in [1.54, 1.807) is 0 Å². The lowest BCUT2D eigenvalue weighted by Gasteiger charge is -1.91. The maximum atomic E-state index is 2.84. The van der Waals surface area contributed by atoms with E-state index in [9.17, 15) is 0 Å². The maximum absolute atomic E-state index is 2.84. The summed E-state index contributed by atoms with van der Waals surface area (Å²) in [5.41, 5.74) is 0. The van der Waals surface area contributed by atoms with E-state index in [1.807, 2.05) is 0 Å². The summed E-state index contributed by atoms with van der Waals surface area (Å²) in [7, 11) is 2.84. The van der Waals surface area contributed by atoms with Gasteiger partial charge >= 0.3 is 0 Å². The summed E-state index contributed by atoms with van der Waals surface area (Å²) in [4.78, 5) is 0.880. The van der Waals surface area contributed by atoms with Gasteiger partial charge in [-0.3, -0.25) is 0 Å². The Labute approximate surface area is 45.3 Å². The molecule has 0 saturated carbocycles. The Morgan fingerprint density at radius 1 is 1.67 bits per heavy atom. The third kappa shape index (κ3) is 1.13. The molecule has 0 radical (unpaired) electrons. The molecule has 0 bridgehead atoms. The van der Waals surface area contributed by atoms with Gasteiger partial charge < -0.3 is 0 Å². The molecule has 1 rings (SSSR count). The van der Waals surface area contributed by atoms with Crippen molar-refractivity contribution in [3.05, 3.63) is 0 Å². The second-order valence-electron chi connectivity index (χ2n) is 1.55. The van der Waals surface area contributed by atoms with Crippen molar-refractivity contribution in [3.8, 4) is 0 Å². The van der Waals surface area contributed by atoms with Crippen LogP contribution in [0, 0.1) is 0 Å². The molecule has 2 unspecified atom stereocenters. The first-order chi connectivity index (χ1) is 2.89. The van der Waals surface area contributed by atoms with Crippen LogP contribution in [0.5, 0.6) is 0 Å². The van der Waals surface area contributed by atoms with Crippen molar-refractivity contribution in [1.29, 1.82) is 0 Å². The van der Waals surface area contributed by atoms with Crippen LogP contribution < -0.4 is 0 Å². The van der Waals surface area contributed by atoms with Gasteiger partial charge in [0, 0.05) is 4.99 Å². The molecular weight excluding hydrogens is 111 g/mol. The van der Waals surface area contributed by atoms with E-state index < -0.39 is 0 Å². The first-order valence-corrected chi connectivity index (χ1v) is 3.98. The van der Waals surface area contributed by atoms with Crippen LogP contribution in [0.4, 0.5) is 0 Å². The highest BCUT2D eigenvalue weighted by atomic mass is 32.2. The van der Waals surface area contributed by atoms with Gasteiger partial charge in [0.1, 0.15) is 0 Å². The third-order valence-corrected chi connectivity index (χ3v) is 3.06. The summed E-state index contributed by atoms with van der Waals surface area (Å²) in [6, 6.07) is 0. The van der Waals surface area contributed by atoms with Crippen LogP contribution in [0.1, 0.15) is 12.8 Å². The third-order valence-electron chi connectivity index (χ3n) is 0.965. The van der Waals surface area contributed by atoms with Gasteiger partial charge in [0.15, 0.2) is 0 Å². The Morgan fingerprint density at radius 2 is 2.50 bits per heavy atom. The summed E-state index contributed by atoms with van der Waals surface area (Å²) >= 11 is 2.06. The van der Waals surface area contributed by atoms with E-state index >= 15 is 0 Å². The minimum absolute atomic E-state index is 0.880. The van der Waals surface area contributed by atoms with Crippen LogP contribution >= 0.6 is 21.0 Å². The normalized spacial score (nSPS) is 34.5. The smallest absolute Gasteiger partial charge is 0.0191 e. The molecule has 0 aliphatic carbocycles. The molecule has 0 aromatic carbocycles. The molecule has 1 fully saturated rings. The Balaban J connectivity index is 2.18. The van der Waals surface area contributed by atoms with Crippen molar-refractivity contribution in [3.63, 3.8) is 0 Å². The van der Waals surface area contributed by atoms with Crippen LogP contribution in [-0.4, -0.2) is 10.7 Å². The quantitative estimate of drug-likeness (QED) is 0.438. The molecule has 0 aromatic heterocycles. The summed E-state index contributed by atoms with van der Waals surface area (Å²) in [5.74, 6) is 1.38. The molecule has 2 heteroatoms. The van der Waals surface area contributed by atoms with Crippen LogP contribution in [0.15, 0.2) is 0 Å². The lowest BCUT2D eigenvalue weighted by atomic mass is 10.4. The zero-order valence-corrected chi connectivity index (χ0v) is 5.66. The minimum atomic E-state index is 0.880. The molecule has 1 aliphatic rings. The lowest BCUT2D eigenvalue weighted by molar-refractivity contribution is 0.924. The van der Waals surface area contributed by atoms with E-state index in [0.717, 1.165) is 4.99 Å². The molecule has 1 heterocycles. The summed E-state index contributed by atoms with van der Waals surface area (Å²) in [5, 5.41) is 0. The maximum Gasteiger partial charge on any atom is 0.0191 e. The summed E-state index contributed by atoms with van der Waals surface area (Å²) < 4.78 is 0. The van der Waals surface area contributed by atoms with Gasteiger partial charge in [0.05, 0.1) is 0 Å². The Bertz CT molecular complexity index is 40.8. The Kier molecular flexibility index (Phi) is 1.79. The summed E-state index contributed by atoms with van der Waals surface area (Å²) in [6.07, 6.45) is 2.84. The fraction of sp³-hybridized carbons (Fsp3) is 1.00. The molecule has 0 nitrogen and oxygen atoms in total. The van der Waals surface area contributed by atoms with Crippen molar-refractivity contribution in [2.75, 3.05) is 5.75 Å². The molecular formula is C4H9PS. The van der Waals surface area contributed by atoms with E-state index in [-0.39, 0.29) is 0 Å². The predicted octanol–water partition coefficient (Wildman–Crippen LogP) is 1.71. The van der Waals surface area contributed by atoms with Crippen molar-refractivity contribution < 1.29 is 0 Å².